The van der Waals surface area contributed by atoms with E-state index in [0.717, 1.165) is 24.2 Å². The van der Waals surface area contributed by atoms with Crippen LogP contribution >= 0.6 is 0 Å². The minimum absolute atomic E-state index is 0.624. The van der Waals surface area contributed by atoms with Gasteiger partial charge in [-0.3, -0.25) is 0 Å². The van der Waals surface area contributed by atoms with E-state index in [1.54, 1.807) is 0 Å². The average molecular weight is 277 g/mol. The molecule has 0 fully saturated rings. The van der Waals surface area contributed by atoms with Gasteiger partial charge in [0.2, 0.25) is 5.95 Å². The van der Waals surface area contributed by atoms with Gasteiger partial charge < -0.3 is 4.74 Å². The highest BCUT2D eigenvalue weighted by Gasteiger charge is 2.04. The van der Waals surface area contributed by atoms with E-state index in [4.69, 9.17) is 4.74 Å². The average Bonchev–Trinajstić information content (AvgIpc) is 2.47. The predicted octanol–water partition coefficient (Wildman–Crippen LogP) is 3.93. The standard InChI is InChI=1S/C16H17F2NO/c1-2-9-20-14-7-5-12(6-8-14)3-4-13-10-15(17)16(18)19-11-13/h5-8,10-11H,2-4,9H2,1H3. The summed E-state index contributed by atoms with van der Waals surface area (Å²) in [7, 11) is 0. The first kappa shape index (κ1) is 14.4. The number of nitrogens with zero attached hydrogens (tertiary/aromatic N) is 1. The molecule has 0 atom stereocenters. The summed E-state index contributed by atoms with van der Waals surface area (Å²) in [5, 5.41) is 0. The van der Waals surface area contributed by atoms with E-state index in [9.17, 15) is 8.78 Å². The minimum Gasteiger partial charge on any atom is -0.494 e. The summed E-state index contributed by atoms with van der Waals surface area (Å²) < 4.78 is 31.2. The Labute approximate surface area is 117 Å². The summed E-state index contributed by atoms with van der Waals surface area (Å²) in [6.45, 7) is 2.77. The first-order valence-electron chi connectivity index (χ1n) is 6.70. The summed E-state index contributed by atoms with van der Waals surface area (Å²) in [6.07, 6.45) is 3.72. The molecule has 0 aliphatic carbocycles. The van der Waals surface area contributed by atoms with Gasteiger partial charge in [-0.25, -0.2) is 9.37 Å². The molecule has 0 spiro atoms. The Balaban J connectivity index is 1.91. The summed E-state index contributed by atoms with van der Waals surface area (Å²) >= 11 is 0. The third-order valence-electron chi connectivity index (χ3n) is 2.95. The first-order chi connectivity index (χ1) is 9.69. The van der Waals surface area contributed by atoms with Crippen LogP contribution in [0.3, 0.4) is 0 Å². The van der Waals surface area contributed by atoms with Gasteiger partial charge in [0.25, 0.3) is 0 Å². The van der Waals surface area contributed by atoms with Crippen LogP contribution < -0.4 is 4.74 Å². The molecule has 0 radical (unpaired) electrons. The van der Waals surface area contributed by atoms with E-state index in [0.29, 0.717) is 18.6 Å². The van der Waals surface area contributed by atoms with Crippen molar-refractivity contribution in [3.63, 3.8) is 0 Å². The van der Waals surface area contributed by atoms with E-state index in [-0.39, 0.29) is 0 Å². The molecule has 0 N–H and O–H groups in total. The van der Waals surface area contributed by atoms with E-state index < -0.39 is 11.8 Å². The maximum atomic E-state index is 13.0. The topological polar surface area (TPSA) is 22.1 Å². The summed E-state index contributed by atoms with van der Waals surface area (Å²) in [4.78, 5) is 3.38. The highest BCUT2D eigenvalue weighted by Crippen LogP contribution is 2.15. The largest absolute Gasteiger partial charge is 0.494 e. The fourth-order valence-corrected chi connectivity index (χ4v) is 1.86. The number of aryl methyl sites for hydroxylation is 2. The molecule has 0 amide bonds. The molecule has 0 saturated carbocycles. The van der Waals surface area contributed by atoms with Gasteiger partial charge in [0.05, 0.1) is 6.61 Å². The number of rotatable bonds is 6. The van der Waals surface area contributed by atoms with Gasteiger partial charge in [-0.05, 0) is 48.6 Å². The first-order valence-corrected chi connectivity index (χ1v) is 6.70. The molecule has 0 saturated heterocycles. The van der Waals surface area contributed by atoms with Crippen molar-refractivity contribution >= 4 is 0 Å². The Morgan fingerprint density at radius 3 is 2.40 bits per heavy atom. The third-order valence-corrected chi connectivity index (χ3v) is 2.95. The monoisotopic (exact) mass is 277 g/mol. The molecule has 0 unspecified atom stereocenters. The van der Waals surface area contributed by atoms with Crippen molar-refractivity contribution in [1.82, 2.24) is 4.98 Å². The highest BCUT2D eigenvalue weighted by atomic mass is 19.2. The molecule has 1 aromatic carbocycles. The molecule has 20 heavy (non-hydrogen) atoms. The van der Waals surface area contributed by atoms with Crippen LogP contribution in [-0.2, 0) is 12.8 Å². The number of hydrogen-bond acceptors (Lipinski definition) is 2. The van der Waals surface area contributed by atoms with E-state index in [2.05, 4.69) is 11.9 Å². The number of ether oxygens (including phenoxy) is 1. The number of halogens is 2. The van der Waals surface area contributed by atoms with Crippen LogP contribution in [0.25, 0.3) is 0 Å². The van der Waals surface area contributed by atoms with Gasteiger partial charge >= 0.3 is 0 Å². The van der Waals surface area contributed by atoms with Gasteiger partial charge in [-0.2, -0.15) is 4.39 Å². The molecular formula is C16H17F2NO. The summed E-state index contributed by atoms with van der Waals surface area (Å²) in [5.41, 5.74) is 1.81. The van der Waals surface area contributed by atoms with Crippen LogP contribution in [0, 0.1) is 11.8 Å². The lowest BCUT2D eigenvalue weighted by atomic mass is 10.1. The van der Waals surface area contributed by atoms with Crippen molar-refractivity contribution in [1.29, 1.82) is 0 Å². The molecule has 106 valence electrons. The van der Waals surface area contributed by atoms with E-state index in [1.807, 2.05) is 24.3 Å². The molecule has 4 heteroatoms. The number of benzene rings is 1. The van der Waals surface area contributed by atoms with Crippen LogP contribution in [-0.4, -0.2) is 11.6 Å². The molecule has 1 heterocycles. The van der Waals surface area contributed by atoms with Gasteiger partial charge in [0.15, 0.2) is 5.82 Å². The predicted molar refractivity (Wildman–Crippen MR) is 73.8 cm³/mol. The molecule has 0 aliphatic rings. The zero-order valence-electron chi connectivity index (χ0n) is 11.4. The lowest BCUT2D eigenvalue weighted by molar-refractivity contribution is 0.317. The maximum Gasteiger partial charge on any atom is 0.248 e. The van der Waals surface area contributed by atoms with Gasteiger partial charge in [-0.15, -0.1) is 0 Å². The fraction of sp³-hybridized carbons (Fsp3) is 0.312. The second-order valence-electron chi connectivity index (χ2n) is 4.61. The quantitative estimate of drug-likeness (QED) is 0.746. The second-order valence-corrected chi connectivity index (χ2v) is 4.61. The lowest BCUT2D eigenvalue weighted by Gasteiger charge is -2.06. The van der Waals surface area contributed by atoms with Crippen LogP contribution in [0.1, 0.15) is 24.5 Å². The third kappa shape index (κ3) is 4.02. The van der Waals surface area contributed by atoms with Crippen molar-refractivity contribution < 1.29 is 13.5 Å². The number of hydrogen-bond donors (Lipinski definition) is 0. The Kier molecular flexibility index (Phi) is 5.04. The van der Waals surface area contributed by atoms with Crippen LogP contribution in [0.2, 0.25) is 0 Å². The Morgan fingerprint density at radius 2 is 1.75 bits per heavy atom. The molecule has 2 aromatic rings. The van der Waals surface area contributed by atoms with Crippen molar-refractivity contribution in [2.45, 2.75) is 26.2 Å². The van der Waals surface area contributed by atoms with Crippen LogP contribution in [0.5, 0.6) is 5.75 Å². The molecule has 0 bridgehead atoms. The Bertz CT molecular complexity index is 555. The lowest BCUT2D eigenvalue weighted by Crippen LogP contribution is -1.97. The maximum absolute atomic E-state index is 13.0. The van der Waals surface area contributed by atoms with Crippen LogP contribution in [0.15, 0.2) is 36.5 Å². The van der Waals surface area contributed by atoms with Gasteiger partial charge in [0, 0.05) is 6.20 Å². The van der Waals surface area contributed by atoms with Crippen LogP contribution in [0.4, 0.5) is 8.78 Å². The molecule has 1 aromatic heterocycles. The van der Waals surface area contributed by atoms with E-state index >= 15 is 0 Å². The number of pyridine rings is 1. The fourth-order valence-electron chi connectivity index (χ4n) is 1.86. The normalized spacial score (nSPS) is 10.6. The summed E-state index contributed by atoms with van der Waals surface area (Å²) in [6, 6.07) is 9.01. The summed E-state index contributed by atoms with van der Waals surface area (Å²) in [5.74, 6) is -1.10. The highest BCUT2D eigenvalue weighted by molar-refractivity contribution is 5.28. The zero-order valence-corrected chi connectivity index (χ0v) is 11.4. The number of aromatic nitrogens is 1. The van der Waals surface area contributed by atoms with Crippen molar-refractivity contribution in [3.8, 4) is 5.75 Å². The molecule has 2 rings (SSSR count). The molecule has 2 nitrogen and oxygen atoms in total. The zero-order chi connectivity index (χ0) is 14.4. The van der Waals surface area contributed by atoms with Crippen molar-refractivity contribution in [3.05, 3.63) is 59.4 Å². The van der Waals surface area contributed by atoms with E-state index in [1.165, 1.54) is 12.3 Å². The smallest absolute Gasteiger partial charge is 0.248 e. The van der Waals surface area contributed by atoms with Gasteiger partial charge in [-0.1, -0.05) is 19.1 Å². The van der Waals surface area contributed by atoms with Crippen molar-refractivity contribution in [2.24, 2.45) is 0 Å². The van der Waals surface area contributed by atoms with Crippen molar-refractivity contribution in [2.75, 3.05) is 6.61 Å². The Morgan fingerprint density at radius 1 is 1.05 bits per heavy atom. The molecule has 0 aliphatic heterocycles. The Hall–Kier alpha value is -1.97. The van der Waals surface area contributed by atoms with Gasteiger partial charge in [0.1, 0.15) is 5.75 Å². The second kappa shape index (κ2) is 6.98. The minimum atomic E-state index is -1.05. The molecular weight excluding hydrogens is 260 g/mol. The SMILES string of the molecule is CCCOc1ccc(CCc2cnc(F)c(F)c2)cc1.